The van der Waals surface area contributed by atoms with Crippen molar-refractivity contribution >= 4 is 49.8 Å². The highest BCUT2D eigenvalue weighted by Gasteiger charge is 2.24. The van der Waals surface area contributed by atoms with Crippen molar-refractivity contribution in [3.05, 3.63) is 26.6 Å². The monoisotopic (exact) mass is 379 g/mol. The standard InChI is InChI=1S/C15H17N5OS3/c1-6-3-4-8-9(5-6)23-13-10(8)12(21)17-11(18-13)7(2)22-15-20-19-14(16)24-15/h6-7H,3-5H2,1-2H3,(H2,16,19)(H,17,18,21)/t6-,7-/m1/s1. The van der Waals surface area contributed by atoms with E-state index in [9.17, 15) is 4.79 Å². The van der Waals surface area contributed by atoms with Gasteiger partial charge in [0.2, 0.25) is 5.13 Å². The Morgan fingerprint density at radius 3 is 2.96 bits per heavy atom. The van der Waals surface area contributed by atoms with Gasteiger partial charge in [0.25, 0.3) is 5.56 Å². The van der Waals surface area contributed by atoms with Gasteiger partial charge >= 0.3 is 0 Å². The van der Waals surface area contributed by atoms with Crippen LogP contribution in [0.15, 0.2) is 9.13 Å². The molecule has 0 fully saturated rings. The maximum absolute atomic E-state index is 12.6. The van der Waals surface area contributed by atoms with Gasteiger partial charge in [0.1, 0.15) is 10.7 Å². The first-order chi connectivity index (χ1) is 11.5. The minimum Gasteiger partial charge on any atom is -0.374 e. The number of hydrogen-bond acceptors (Lipinski definition) is 8. The van der Waals surface area contributed by atoms with Gasteiger partial charge in [-0.05, 0) is 37.7 Å². The lowest BCUT2D eigenvalue weighted by atomic mass is 9.89. The average molecular weight is 380 g/mol. The van der Waals surface area contributed by atoms with Crippen LogP contribution >= 0.6 is 34.4 Å². The number of nitrogens with zero attached hydrogens (tertiary/aromatic N) is 3. The van der Waals surface area contributed by atoms with E-state index in [4.69, 9.17) is 10.7 Å². The SMILES string of the molecule is C[C@@H]1CCc2c(sc3nc([C@@H](C)Sc4nnc(N)s4)[nH]c(=O)c23)C1. The molecule has 2 atom stereocenters. The molecule has 3 N–H and O–H groups in total. The van der Waals surface area contributed by atoms with Gasteiger partial charge < -0.3 is 10.7 Å². The van der Waals surface area contributed by atoms with Crippen molar-refractivity contribution in [3.8, 4) is 0 Å². The highest BCUT2D eigenvalue weighted by Crippen LogP contribution is 2.38. The number of rotatable bonds is 3. The minimum atomic E-state index is -0.0220. The second kappa shape index (κ2) is 6.12. The summed E-state index contributed by atoms with van der Waals surface area (Å²) in [6.45, 7) is 4.27. The Morgan fingerprint density at radius 1 is 1.38 bits per heavy atom. The fraction of sp³-hybridized carbons (Fsp3) is 0.467. The Bertz CT molecular complexity index is 960. The summed E-state index contributed by atoms with van der Waals surface area (Å²) in [6.07, 6.45) is 3.18. The first kappa shape index (κ1) is 16.0. The molecule has 0 unspecified atom stereocenters. The summed E-state index contributed by atoms with van der Waals surface area (Å²) in [6, 6.07) is 0. The van der Waals surface area contributed by atoms with Crippen molar-refractivity contribution in [2.24, 2.45) is 5.92 Å². The predicted octanol–water partition coefficient (Wildman–Crippen LogP) is 3.40. The largest absolute Gasteiger partial charge is 0.374 e. The number of aromatic nitrogens is 4. The summed E-state index contributed by atoms with van der Waals surface area (Å²) < 4.78 is 0.780. The van der Waals surface area contributed by atoms with E-state index in [-0.39, 0.29) is 10.8 Å². The first-order valence-corrected chi connectivity index (χ1v) is 10.3. The molecule has 126 valence electrons. The molecule has 3 aromatic heterocycles. The van der Waals surface area contributed by atoms with E-state index in [1.54, 1.807) is 11.3 Å². The predicted molar refractivity (Wildman–Crippen MR) is 100 cm³/mol. The number of thiophene rings is 1. The van der Waals surface area contributed by atoms with E-state index in [0.29, 0.717) is 16.9 Å². The zero-order chi connectivity index (χ0) is 16.8. The van der Waals surface area contributed by atoms with Crippen LogP contribution in [0.5, 0.6) is 0 Å². The quantitative estimate of drug-likeness (QED) is 0.677. The molecule has 0 spiro atoms. The zero-order valence-corrected chi connectivity index (χ0v) is 15.8. The Labute approximate surface area is 150 Å². The Hall–Kier alpha value is -1.45. The fourth-order valence-corrected chi connectivity index (χ4v) is 6.26. The zero-order valence-electron chi connectivity index (χ0n) is 13.3. The molecule has 0 saturated heterocycles. The minimum absolute atomic E-state index is 0.0208. The number of nitrogen functional groups attached to an aromatic ring is 1. The molecule has 3 heterocycles. The third-order valence-corrected chi connectivity index (χ3v) is 7.36. The second-order valence-electron chi connectivity index (χ2n) is 6.15. The van der Waals surface area contributed by atoms with Crippen molar-refractivity contribution in [1.29, 1.82) is 0 Å². The van der Waals surface area contributed by atoms with Crippen LogP contribution in [0.3, 0.4) is 0 Å². The number of H-pyrrole nitrogens is 1. The van der Waals surface area contributed by atoms with E-state index >= 15 is 0 Å². The summed E-state index contributed by atoms with van der Waals surface area (Å²) in [7, 11) is 0. The molecule has 3 aromatic rings. The lowest BCUT2D eigenvalue weighted by Gasteiger charge is -2.17. The molecule has 24 heavy (non-hydrogen) atoms. The second-order valence-corrected chi connectivity index (χ2v) is 9.83. The van der Waals surface area contributed by atoms with E-state index in [1.165, 1.54) is 33.5 Å². The lowest BCUT2D eigenvalue weighted by molar-refractivity contribution is 0.509. The Balaban J connectivity index is 1.71. The Morgan fingerprint density at radius 2 is 2.21 bits per heavy atom. The van der Waals surface area contributed by atoms with E-state index < -0.39 is 0 Å². The number of thioether (sulfide) groups is 1. The Kier molecular flexibility index (Phi) is 4.09. The van der Waals surface area contributed by atoms with E-state index in [1.807, 2.05) is 6.92 Å². The van der Waals surface area contributed by atoms with Crippen LogP contribution in [-0.2, 0) is 12.8 Å². The lowest BCUT2D eigenvalue weighted by Crippen LogP contribution is -2.15. The van der Waals surface area contributed by atoms with Gasteiger partial charge in [-0.1, -0.05) is 30.0 Å². The van der Waals surface area contributed by atoms with E-state index in [0.717, 1.165) is 33.8 Å². The van der Waals surface area contributed by atoms with Crippen molar-refractivity contribution < 1.29 is 0 Å². The summed E-state index contributed by atoms with van der Waals surface area (Å²) >= 11 is 4.52. The molecule has 1 aliphatic rings. The highest BCUT2D eigenvalue weighted by molar-refractivity contribution is 8.01. The van der Waals surface area contributed by atoms with Gasteiger partial charge in [-0.25, -0.2) is 4.98 Å². The van der Waals surface area contributed by atoms with Crippen LogP contribution < -0.4 is 11.3 Å². The number of aromatic amines is 1. The topological polar surface area (TPSA) is 97.5 Å². The number of nitrogens with two attached hydrogens (primary N) is 1. The molecule has 0 saturated carbocycles. The average Bonchev–Trinajstić information content (AvgIpc) is 3.09. The van der Waals surface area contributed by atoms with Crippen molar-refractivity contribution in [3.63, 3.8) is 0 Å². The molecular formula is C15H17N5OS3. The summed E-state index contributed by atoms with van der Waals surface area (Å²) in [5.74, 6) is 1.36. The maximum atomic E-state index is 12.6. The van der Waals surface area contributed by atoms with Gasteiger partial charge in [0.15, 0.2) is 4.34 Å². The third-order valence-electron chi connectivity index (χ3n) is 4.27. The number of fused-ring (bicyclic) bond motifs is 3. The summed E-state index contributed by atoms with van der Waals surface area (Å²) in [5.41, 5.74) is 6.81. The van der Waals surface area contributed by atoms with Gasteiger partial charge in [-0.2, -0.15) is 0 Å². The van der Waals surface area contributed by atoms with Crippen LogP contribution in [0.2, 0.25) is 0 Å². The summed E-state index contributed by atoms with van der Waals surface area (Å²) in [5, 5.41) is 9.05. The molecule has 9 heteroatoms. The molecule has 0 radical (unpaired) electrons. The van der Waals surface area contributed by atoms with Crippen LogP contribution in [0.4, 0.5) is 5.13 Å². The van der Waals surface area contributed by atoms with Gasteiger partial charge in [0, 0.05) is 4.88 Å². The molecule has 1 aliphatic carbocycles. The third kappa shape index (κ3) is 2.84. The molecule has 0 aliphatic heterocycles. The highest BCUT2D eigenvalue weighted by atomic mass is 32.2. The maximum Gasteiger partial charge on any atom is 0.259 e. The van der Waals surface area contributed by atoms with Crippen LogP contribution in [0.25, 0.3) is 10.2 Å². The molecule has 0 amide bonds. The van der Waals surface area contributed by atoms with Gasteiger partial charge in [-0.3, -0.25) is 4.79 Å². The molecule has 0 bridgehead atoms. The van der Waals surface area contributed by atoms with Crippen molar-refractivity contribution in [2.45, 2.75) is 42.7 Å². The smallest absolute Gasteiger partial charge is 0.259 e. The number of hydrogen-bond donors (Lipinski definition) is 2. The number of anilines is 1. The van der Waals surface area contributed by atoms with Crippen molar-refractivity contribution in [2.75, 3.05) is 5.73 Å². The number of nitrogens with one attached hydrogen (secondary N) is 1. The van der Waals surface area contributed by atoms with Gasteiger partial charge in [-0.15, -0.1) is 21.5 Å². The molecule has 4 rings (SSSR count). The first-order valence-electron chi connectivity index (χ1n) is 7.81. The fourth-order valence-electron chi connectivity index (χ4n) is 3.03. The molecule has 0 aromatic carbocycles. The van der Waals surface area contributed by atoms with Crippen molar-refractivity contribution in [1.82, 2.24) is 20.2 Å². The normalized spacial score (nSPS) is 18.7. The number of aryl methyl sites for hydroxylation is 1. The van der Waals surface area contributed by atoms with Crippen LogP contribution in [-0.4, -0.2) is 20.2 Å². The van der Waals surface area contributed by atoms with Crippen LogP contribution in [0.1, 0.15) is 41.8 Å². The summed E-state index contributed by atoms with van der Waals surface area (Å²) in [4.78, 5) is 22.5. The van der Waals surface area contributed by atoms with Gasteiger partial charge in [0.05, 0.1) is 10.6 Å². The molecule has 6 nitrogen and oxygen atoms in total. The molecular weight excluding hydrogens is 362 g/mol. The van der Waals surface area contributed by atoms with E-state index in [2.05, 4.69) is 22.1 Å². The van der Waals surface area contributed by atoms with Crippen LogP contribution in [0, 0.1) is 5.92 Å².